The normalized spacial score (nSPS) is 14.9. The summed E-state index contributed by atoms with van der Waals surface area (Å²) in [5.74, 6) is 0.312. The van der Waals surface area contributed by atoms with E-state index in [1.165, 1.54) is 22.7 Å². The monoisotopic (exact) mass is 415 g/mol. The van der Waals surface area contributed by atoms with Gasteiger partial charge in [-0.2, -0.15) is 9.41 Å². The number of carbonyl (C=O) groups excluding carboxylic acids is 1. The van der Waals surface area contributed by atoms with E-state index in [1.54, 1.807) is 12.1 Å². The van der Waals surface area contributed by atoms with Gasteiger partial charge in [-0.15, -0.1) is 0 Å². The van der Waals surface area contributed by atoms with E-state index in [0.717, 1.165) is 30.6 Å². The molecule has 0 saturated carbocycles. The summed E-state index contributed by atoms with van der Waals surface area (Å²) in [7, 11) is -3.57. The molecule has 0 aromatic heterocycles. The largest absolute Gasteiger partial charge is 0.494 e. The summed E-state index contributed by atoms with van der Waals surface area (Å²) < 4.78 is 32.3. The number of benzene rings is 2. The van der Waals surface area contributed by atoms with Crippen LogP contribution in [-0.2, 0) is 10.0 Å². The topological polar surface area (TPSA) is 88.1 Å². The van der Waals surface area contributed by atoms with E-state index < -0.39 is 15.9 Å². The molecule has 0 unspecified atom stereocenters. The SMILES string of the molecule is CCCOc1ccc(/C=N\NC(=O)c2cccc(S(=O)(=O)N3CCCC3)c2)cc1. The molecule has 8 heteroatoms. The third-order valence-corrected chi connectivity index (χ3v) is 6.43. The van der Waals surface area contributed by atoms with Gasteiger partial charge in [0.1, 0.15) is 5.75 Å². The minimum atomic E-state index is -3.57. The van der Waals surface area contributed by atoms with Crippen molar-refractivity contribution in [1.29, 1.82) is 0 Å². The van der Waals surface area contributed by atoms with Crippen LogP contribution >= 0.6 is 0 Å². The van der Waals surface area contributed by atoms with Crippen LogP contribution in [0, 0.1) is 0 Å². The van der Waals surface area contributed by atoms with Gasteiger partial charge in [-0.1, -0.05) is 13.0 Å². The van der Waals surface area contributed by atoms with Crippen LogP contribution in [0.25, 0.3) is 0 Å². The van der Waals surface area contributed by atoms with Crippen LogP contribution in [0.3, 0.4) is 0 Å². The summed E-state index contributed by atoms with van der Waals surface area (Å²) >= 11 is 0. The fourth-order valence-electron chi connectivity index (χ4n) is 2.98. The standard InChI is InChI=1S/C21H25N3O4S/c1-2-14-28-19-10-8-17(9-11-19)16-22-23-21(25)18-6-5-7-20(15-18)29(26,27)24-12-3-4-13-24/h5-11,15-16H,2-4,12-14H2,1H3,(H,23,25)/b22-16-. The number of nitrogens with zero attached hydrogens (tertiary/aromatic N) is 2. The molecule has 0 bridgehead atoms. The van der Waals surface area contributed by atoms with E-state index in [1.807, 2.05) is 31.2 Å². The van der Waals surface area contributed by atoms with Gasteiger partial charge in [-0.05, 0) is 67.3 Å². The van der Waals surface area contributed by atoms with Gasteiger partial charge < -0.3 is 4.74 Å². The molecule has 1 fully saturated rings. The Hall–Kier alpha value is -2.71. The highest BCUT2D eigenvalue weighted by atomic mass is 32.2. The van der Waals surface area contributed by atoms with Crippen molar-refractivity contribution in [3.63, 3.8) is 0 Å². The van der Waals surface area contributed by atoms with Crippen molar-refractivity contribution in [1.82, 2.24) is 9.73 Å². The van der Waals surface area contributed by atoms with Gasteiger partial charge in [0.15, 0.2) is 0 Å². The van der Waals surface area contributed by atoms with Crippen LogP contribution in [0.2, 0.25) is 0 Å². The number of hydrazone groups is 1. The van der Waals surface area contributed by atoms with Gasteiger partial charge in [0.05, 0.1) is 17.7 Å². The smallest absolute Gasteiger partial charge is 0.271 e. The summed E-state index contributed by atoms with van der Waals surface area (Å²) in [6.45, 7) is 3.74. The molecular formula is C21H25N3O4S. The number of ether oxygens (including phenoxy) is 1. The molecule has 1 N–H and O–H groups in total. The van der Waals surface area contributed by atoms with Gasteiger partial charge in [-0.25, -0.2) is 13.8 Å². The first-order valence-corrected chi connectivity index (χ1v) is 11.1. The van der Waals surface area contributed by atoms with Gasteiger partial charge in [0, 0.05) is 18.7 Å². The first kappa shape index (κ1) is 21.0. The van der Waals surface area contributed by atoms with Crippen molar-refractivity contribution in [3.8, 4) is 5.75 Å². The predicted molar refractivity (Wildman–Crippen MR) is 112 cm³/mol. The highest BCUT2D eigenvalue weighted by Gasteiger charge is 2.27. The van der Waals surface area contributed by atoms with Crippen LogP contribution in [0.1, 0.15) is 42.1 Å². The molecule has 1 aliphatic rings. The van der Waals surface area contributed by atoms with E-state index >= 15 is 0 Å². The van der Waals surface area contributed by atoms with E-state index in [9.17, 15) is 13.2 Å². The van der Waals surface area contributed by atoms with Gasteiger partial charge in [0.2, 0.25) is 10.0 Å². The minimum absolute atomic E-state index is 0.124. The molecule has 7 nitrogen and oxygen atoms in total. The van der Waals surface area contributed by atoms with Crippen LogP contribution in [-0.4, -0.2) is 44.5 Å². The molecule has 3 rings (SSSR count). The second-order valence-electron chi connectivity index (χ2n) is 6.76. The Kier molecular flexibility index (Phi) is 7.00. The van der Waals surface area contributed by atoms with Crippen LogP contribution in [0.15, 0.2) is 58.5 Å². The Labute approximate surface area is 171 Å². The zero-order chi connectivity index (χ0) is 20.7. The average molecular weight is 416 g/mol. The number of rotatable bonds is 8. The molecule has 2 aromatic rings. The van der Waals surface area contributed by atoms with Crippen molar-refractivity contribution < 1.29 is 17.9 Å². The van der Waals surface area contributed by atoms with Crippen molar-refractivity contribution in [2.45, 2.75) is 31.1 Å². The fraction of sp³-hybridized carbons (Fsp3) is 0.333. The Morgan fingerprint density at radius 2 is 1.90 bits per heavy atom. The fourth-order valence-corrected chi connectivity index (χ4v) is 4.54. The second-order valence-corrected chi connectivity index (χ2v) is 8.69. The van der Waals surface area contributed by atoms with E-state index in [0.29, 0.717) is 19.7 Å². The molecule has 154 valence electrons. The quantitative estimate of drug-likeness (QED) is 0.530. The average Bonchev–Trinajstić information content (AvgIpc) is 3.29. The van der Waals surface area contributed by atoms with Crippen molar-refractivity contribution in [2.75, 3.05) is 19.7 Å². The number of carbonyl (C=O) groups is 1. The molecule has 0 atom stereocenters. The molecule has 1 amide bonds. The number of hydrogen-bond acceptors (Lipinski definition) is 5. The molecule has 1 aliphatic heterocycles. The maximum absolute atomic E-state index is 12.7. The molecule has 0 radical (unpaired) electrons. The van der Waals surface area contributed by atoms with Gasteiger partial charge >= 0.3 is 0 Å². The lowest BCUT2D eigenvalue weighted by Gasteiger charge is -2.15. The molecule has 1 heterocycles. The van der Waals surface area contributed by atoms with Crippen molar-refractivity contribution in [3.05, 3.63) is 59.7 Å². The third-order valence-electron chi connectivity index (χ3n) is 4.53. The van der Waals surface area contributed by atoms with Crippen LogP contribution < -0.4 is 10.2 Å². The summed E-state index contributed by atoms with van der Waals surface area (Å²) in [5, 5.41) is 3.95. The first-order valence-electron chi connectivity index (χ1n) is 9.67. The maximum atomic E-state index is 12.7. The van der Waals surface area contributed by atoms with Crippen molar-refractivity contribution >= 4 is 22.1 Å². The third kappa shape index (κ3) is 5.42. The zero-order valence-corrected chi connectivity index (χ0v) is 17.2. The van der Waals surface area contributed by atoms with Gasteiger partial charge in [-0.3, -0.25) is 4.79 Å². The predicted octanol–water partition coefficient (Wildman–Crippen LogP) is 3.02. The number of hydrogen-bond donors (Lipinski definition) is 1. The number of nitrogens with one attached hydrogen (secondary N) is 1. The Bertz CT molecular complexity index is 966. The second kappa shape index (κ2) is 9.67. The lowest BCUT2D eigenvalue weighted by atomic mass is 10.2. The molecule has 1 saturated heterocycles. The van der Waals surface area contributed by atoms with Gasteiger partial charge in [0.25, 0.3) is 5.91 Å². The molecule has 0 aliphatic carbocycles. The molecule has 0 spiro atoms. The van der Waals surface area contributed by atoms with E-state index in [-0.39, 0.29) is 10.5 Å². The first-order chi connectivity index (χ1) is 14.0. The molecule has 2 aromatic carbocycles. The molecule has 29 heavy (non-hydrogen) atoms. The van der Waals surface area contributed by atoms with Crippen LogP contribution in [0.5, 0.6) is 5.75 Å². The highest BCUT2D eigenvalue weighted by molar-refractivity contribution is 7.89. The summed E-state index contributed by atoms with van der Waals surface area (Å²) in [4.78, 5) is 12.5. The van der Waals surface area contributed by atoms with E-state index in [2.05, 4.69) is 10.5 Å². The summed E-state index contributed by atoms with van der Waals surface area (Å²) in [5.41, 5.74) is 3.48. The summed E-state index contributed by atoms with van der Waals surface area (Å²) in [6, 6.07) is 13.4. The highest BCUT2D eigenvalue weighted by Crippen LogP contribution is 2.21. The Morgan fingerprint density at radius 3 is 2.59 bits per heavy atom. The minimum Gasteiger partial charge on any atom is -0.494 e. The van der Waals surface area contributed by atoms with Crippen LogP contribution in [0.4, 0.5) is 0 Å². The lowest BCUT2D eigenvalue weighted by molar-refractivity contribution is 0.0955. The Balaban J connectivity index is 1.63. The zero-order valence-electron chi connectivity index (χ0n) is 16.4. The summed E-state index contributed by atoms with van der Waals surface area (Å²) in [6.07, 6.45) is 4.18. The van der Waals surface area contributed by atoms with Crippen molar-refractivity contribution in [2.24, 2.45) is 5.10 Å². The number of sulfonamides is 1. The lowest BCUT2D eigenvalue weighted by Crippen LogP contribution is -2.28. The maximum Gasteiger partial charge on any atom is 0.271 e. The number of amides is 1. The Morgan fingerprint density at radius 1 is 1.17 bits per heavy atom. The van der Waals surface area contributed by atoms with E-state index in [4.69, 9.17) is 4.74 Å². The molecular weight excluding hydrogens is 390 g/mol.